The van der Waals surface area contributed by atoms with E-state index in [0.29, 0.717) is 19.3 Å². The minimum absolute atomic E-state index is 0.0462. The zero-order valence-electron chi connectivity index (χ0n) is 38.4. The van der Waals surface area contributed by atoms with Crippen molar-refractivity contribution in [3.63, 3.8) is 0 Å². The second kappa shape index (κ2) is 41.6. The van der Waals surface area contributed by atoms with Gasteiger partial charge in [0.2, 0.25) is 5.60 Å². The van der Waals surface area contributed by atoms with E-state index in [4.69, 9.17) is 0 Å². The van der Waals surface area contributed by atoms with E-state index in [1.54, 1.807) is 0 Å². The zero-order valence-corrected chi connectivity index (χ0v) is 38.4. The van der Waals surface area contributed by atoms with Gasteiger partial charge in [-0.1, -0.05) is 252 Å². The lowest BCUT2D eigenvalue weighted by molar-refractivity contribution is -0.174. The summed E-state index contributed by atoms with van der Waals surface area (Å²) in [4.78, 5) is 40.1. The van der Waals surface area contributed by atoms with Crippen LogP contribution in [0, 0.1) is 0 Å². The Morgan fingerprint density at radius 3 is 0.754 bits per heavy atom. The second-order valence-electron chi connectivity index (χ2n) is 17.9. The summed E-state index contributed by atoms with van der Waals surface area (Å²) < 4.78 is 0. The Balaban J connectivity index is 4.77. The van der Waals surface area contributed by atoms with Gasteiger partial charge in [0.1, 0.15) is 12.2 Å². The summed E-state index contributed by atoms with van der Waals surface area (Å²) in [5.74, 6) is -2.12. The predicted molar refractivity (Wildman–Crippen MR) is 243 cm³/mol. The van der Waals surface area contributed by atoms with E-state index < -0.39 is 35.2 Å². The van der Waals surface area contributed by atoms with Crippen molar-refractivity contribution in [2.75, 3.05) is 0 Å². The van der Waals surface area contributed by atoms with Gasteiger partial charge in [-0.25, -0.2) is 0 Å². The van der Waals surface area contributed by atoms with Crippen molar-refractivity contribution in [2.45, 2.75) is 308 Å². The molecule has 0 radical (unpaired) electrons. The quantitative estimate of drug-likeness (QED) is 0.0417. The van der Waals surface area contributed by atoms with Crippen LogP contribution in [0.4, 0.5) is 0 Å². The van der Waals surface area contributed by atoms with E-state index in [9.17, 15) is 29.7 Å². The minimum Gasteiger partial charge on any atom is -0.386 e. The Morgan fingerprint density at radius 1 is 0.333 bits per heavy atom. The predicted octanol–water partition coefficient (Wildman–Crippen LogP) is 14.6. The molecule has 0 saturated heterocycles. The Hall–Kier alpha value is -1.11. The third kappa shape index (κ3) is 31.4. The monoisotopic (exact) mass is 807 g/mol. The van der Waals surface area contributed by atoms with E-state index in [0.717, 1.165) is 57.8 Å². The van der Waals surface area contributed by atoms with Crippen LogP contribution in [0.3, 0.4) is 0 Å². The van der Waals surface area contributed by atoms with Crippen LogP contribution in [0.1, 0.15) is 290 Å². The van der Waals surface area contributed by atoms with Crippen LogP contribution in [-0.4, -0.2) is 50.5 Å². The van der Waals surface area contributed by atoms with E-state index in [2.05, 4.69) is 20.8 Å². The van der Waals surface area contributed by atoms with Crippen LogP contribution >= 0.6 is 0 Å². The minimum atomic E-state index is -2.75. The highest BCUT2D eigenvalue weighted by atomic mass is 16.4. The molecule has 6 nitrogen and oxygen atoms in total. The standard InChI is InChI=1S/C51H98O6/c1-4-7-10-13-16-19-22-25-28-31-34-37-40-43-46(52)49(55)50(56)51(57,47(53)44-41-38-35-32-29-26-23-20-17-14-11-8-5-2)48(54)45-42-39-36-33-30-27-24-21-18-15-12-9-6-3/h49-50,55-57H,4-45H2,1-3H3. The highest BCUT2D eigenvalue weighted by Crippen LogP contribution is 2.26. The molecular formula is C51H98O6. The fraction of sp³-hybridized carbons (Fsp3) is 0.941. The molecule has 57 heavy (non-hydrogen) atoms. The van der Waals surface area contributed by atoms with Crippen LogP contribution in [0.25, 0.3) is 0 Å². The molecule has 0 aliphatic carbocycles. The fourth-order valence-corrected chi connectivity index (χ4v) is 8.34. The first-order chi connectivity index (χ1) is 27.8. The number of unbranched alkanes of at least 4 members (excludes halogenated alkanes) is 36. The van der Waals surface area contributed by atoms with Gasteiger partial charge in [-0.05, 0) is 19.3 Å². The average molecular weight is 807 g/mol. The van der Waals surface area contributed by atoms with Crippen molar-refractivity contribution < 1.29 is 29.7 Å². The van der Waals surface area contributed by atoms with Crippen molar-refractivity contribution >= 4 is 17.3 Å². The molecule has 2 atom stereocenters. The number of ketones is 3. The summed E-state index contributed by atoms with van der Waals surface area (Å²) in [7, 11) is 0. The van der Waals surface area contributed by atoms with Crippen LogP contribution in [0.2, 0.25) is 0 Å². The van der Waals surface area contributed by atoms with E-state index in [-0.39, 0.29) is 19.3 Å². The zero-order chi connectivity index (χ0) is 42.1. The molecule has 0 spiro atoms. The molecule has 2 unspecified atom stereocenters. The Kier molecular flexibility index (Phi) is 40.8. The maximum Gasteiger partial charge on any atom is 0.210 e. The first-order valence-electron chi connectivity index (χ1n) is 25.4. The van der Waals surface area contributed by atoms with Crippen LogP contribution in [-0.2, 0) is 14.4 Å². The number of hydrogen-bond donors (Lipinski definition) is 3. The number of aliphatic hydroxyl groups excluding tert-OH is 2. The lowest BCUT2D eigenvalue weighted by Gasteiger charge is -2.32. The Bertz CT molecular complexity index is 860. The van der Waals surface area contributed by atoms with Crippen LogP contribution < -0.4 is 0 Å². The highest BCUT2D eigenvalue weighted by molar-refractivity contribution is 6.11. The smallest absolute Gasteiger partial charge is 0.210 e. The van der Waals surface area contributed by atoms with Gasteiger partial charge in [0.25, 0.3) is 0 Å². The molecule has 0 rings (SSSR count). The molecule has 0 amide bonds. The van der Waals surface area contributed by atoms with Gasteiger partial charge in [-0.15, -0.1) is 0 Å². The summed E-state index contributed by atoms with van der Waals surface area (Å²) in [6.07, 6.45) is 41.2. The maximum absolute atomic E-state index is 13.5. The molecule has 0 aromatic carbocycles. The van der Waals surface area contributed by atoms with E-state index in [1.165, 1.54) is 173 Å². The largest absolute Gasteiger partial charge is 0.386 e. The third-order valence-electron chi connectivity index (χ3n) is 12.4. The van der Waals surface area contributed by atoms with Gasteiger partial charge in [-0.3, -0.25) is 14.4 Å². The van der Waals surface area contributed by atoms with Crippen molar-refractivity contribution in [1.29, 1.82) is 0 Å². The summed E-state index contributed by atoms with van der Waals surface area (Å²) in [6, 6.07) is 0. The average Bonchev–Trinajstić information content (AvgIpc) is 3.21. The van der Waals surface area contributed by atoms with Crippen LogP contribution in [0.5, 0.6) is 0 Å². The molecule has 0 bridgehead atoms. The molecule has 6 heteroatoms. The number of aliphatic hydroxyl groups is 3. The van der Waals surface area contributed by atoms with E-state index >= 15 is 0 Å². The molecule has 0 aromatic heterocycles. The van der Waals surface area contributed by atoms with Crippen molar-refractivity contribution in [1.82, 2.24) is 0 Å². The molecule has 0 fully saturated rings. The number of Topliss-reactive ketones (excluding diaryl/α,β-unsaturated/α-hetero) is 3. The third-order valence-corrected chi connectivity index (χ3v) is 12.4. The first kappa shape index (κ1) is 55.9. The van der Waals surface area contributed by atoms with Gasteiger partial charge in [0, 0.05) is 19.3 Å². The Morgan fingerprint density at radius 2 is 0.526 bits per heavy atom. The summed E-state index contributed by atoms with van der Waals surface area (Å²) >= 11 is 0. The summed E-state index contributed by atoms with van der Waals surface area (Å²) in [5, 5.41) is 33.8. The van der Waals surface area contributed by atoms with Gasteiger partial charge in [0.15, 0.2) is 17.3 Å². The lowest BCUT2D eigenvalue weighted by atomic mass is 9.79. The number of rotatable bonds is 47. The topological polar surface area (TPSA) is 112 Å². The number of carbonyl (C=O) groups is 3. The highest BCUT2D eigenvalue weighted by Gasteiger charge is 2.52. The van der Waals surface area contributed by atoms with Crippen molar-refractivity contribution in [2.24, 2.45) is 0 Å². The molecule has 0 heterocycles. The van der Waals surface area contributed by atoms with Crippen molar-refractivity contribution in [3.05, 3.63) is 0 Å². The summed E-state index contributed by atoms with van der Waals surface area (Å²) in [6.45, 7) is 6.74. The molecule has 338 valence electrons. The molecule has 0 aromatic rings. The molecule has 0 aliphatic heterocycles. The number of carbonyl (C=O) groups excluding carboxylic acids is 3. The van der Waals surface area contributed by atoms with Gasteiger partial charge in [-0.2, -0.15) is 0 Å². The number of hydrogen-bond acceptors (Lipinski definition) is 6. The van der Waals surface area contributed by atoms with Gasteiger partial charge in [0.05, 0.1) is 0 Å². The van der Waals surface area contributed by atoms with Gasteiger partial charge >= 0.3 is 0 Å². The second-order valence-corrected chi connectivity index (χ2v) is 17.9. The molecule has 0 aliphatic rings. The SMILES string of the molecule is CCCCCCCCCCCCCCCC(=O)C(O)C(O)C(O)(C(=O)CCCCCCCCCCCCCCC)C(=O)CCCCCCCCCCCCCCC. The lowest BCUT2D eigenvalue weighted by Crippen LogP contribution is -2.61. The maximum atomic E-state index is 13.5. The van der Waals surface area contributed by atoms with Crippen LogP contribution in [0.15, 0.2) is 0 Å². The van der Waals surface area contributed by atoms with Gasteiger partial charge < -0.3 is 15.3 Å². The molecule has 3 N–H and O–H groups in total. The Labute approximate surface area is 354 Å². The normalized spacial score (nSPS) is 12.9. The van der Waals surface area contributed by atoms with Crippen molar-refractivity contribution in [3.8, 4) is 0 Å². The van der Waals surface area contributed by atoms with E-state index in [1.807, 2.05) is 0 Å². The molecular weight excluding hydrogens is 709 g/mol. The fourth-order valence-electron chi connectivity index (χ4n) is 8.34. The summed E-state index contributed by atoms with van der Waals surface area (Å²) in [5.41, 5.74) is -2.75. The molecule has 0 saturated carbocycles. The first-order valence-corrected chi connectivity index (χ1v) is 25.4.